The summed E-state index contributed by atoms with van der Waals surface area (Å²) in [5, 5.41) is 13.0. The number of nitriles is 1. The second kappa shape index (κ2) is 7.50. The Morgan fingerprint density at radius 2 is 2.17 bits per heavy atom. The van der Waals surface area contributed by atoms with Gasteiger partial charge in [-0.25, -0.2) is 23.3 Å². The van der Waals surface area contributed by atoms with E-state index in [0.29, 0.717) is 30.8 Å². The van der Waals surface area contributed by atoms with Crippen LogP contribution in [0.5, 0.6) is 0 Å². The minimum Gasteiger partial charge on any atom is -0.337 e. The zero-order valence-electron chi connectivity index (χ0n) is 15.5. The van der Waals surface area contributed by atoms with Crippen LogP contribution in [0.1, 0.15) is 53.1 Å². The van der Waals surface area contributed by atoms with Crippen molar-refractivity contribution >= 4 is 11.7 Å². The first-order chi connectivity index (χ1) is 14.0. The summed E-state index contributed by atoms with van der Waals surface area (Å²) in [7, 11) is 0. The number of likely N-dealkylation sites (tertiary alicyclic amines) is 1. The number of carbonyl (C=O) groups is 1. The third kappa shape index (κ3) is 3.51. The average Bonchev–Trinajstić information content (AvgIpc) is 3.22. The van der Waals surface area contributed by atoms with Crippen LogP contribution in [0.3, 0.4) is 0 Å². The summed E-state index contributed by atoms with van der Waals surface area (Å²) in [6.45, 7) is 2.90. The van der Waals surface area contributed by atoms with Gasteiger partial charge in [0, 0.05) is 25.2 Å². The Morgan fingerprint density at radius 3 is 2.86 bits per heavy atom. The number of hydrogen-bond acceptors (Lipinski definition) is 6. The smallest absolute Gasteiger partial charge is 0.280 e. The molecular weight excluding hydrogens is 380 g/mol. The predicted molar refractivity (Wildman–Crippen MR) is 97.1 cm³/mol. The van der Waals surface area contributed by atoms with Crippen molar-refractivity contribution in [1.82, 2.24) is 29.5 Å². The van der Waals surface area contributed by atoms with E-state index in [2.05, 4.69) is 20.1 Å². The topological polar surface area (TPSA) is 100 Å². The lowest BCUT2D eigenvalue weighted by Gasteiger charge is -2.37. The lowest BCUT2D eigenvalue weighted by atomic mass is 9.84. The van der Waals surface area contributed by atoms with Crippen LogP contribution in [0.25, 0.3) is 5.78 Å². The van der Waals surface area contributed by atoms with Crippen molar-refractivity contribution in [1.29, 1.82) is 5.26 Å². The van der Waals surface area contributed by atoms with Gasteiger partial charge in [0.25, 0.3) is 18.1 Å². The van der Waals surface area contributed by atoms with Crippen molar-refractivity contribution < 1.29 is 13.6 Å². The lowest BCUT2D eigenvalue weighted by Crippen LogP contribution is -2.43. The number of carbonyl (C=O) groups excluding carboxylic acids is 1. The number of pyridine rings is 1. The first-order valence-corrected chi connectivity index (χ1v) is 9.12. The van der Waals surface area contributed by atoms with Gasteiger partial charge in [0.05, 0.1) is 11.3 Å². The molecule has 4 rings (SSSR count). The Bertz CT molecular complexity index is 1090. The van der Waals surface area contributed by atoms with Gasteiger partial charge in [-0.3, -0.25) is 4.79 Å². The summed E-state index contributed by atoms with van der Waals surface area (Å²) < 4.78 is 28.1. The van der Waals surface area contributed by atoms with Gasteiger partial charge in [0.2, 0.25) is 0 Å². The molecule has 3 aromatic heterocycles. The normalized spacial score (nSPS) is 19.5. The summed E-state index contributed by atoms with van der Waals surface area (Å²) >= 11 is 0. The first kappa shape index (κ1) is 18.9. The molecule has 8 nitrogen and oxygen atoms in total. The van der Waals surface area contributed by atoms with Crippen molar-refractivity contribution in [2.75, 3.05) is 13.1 Å². The minimum atomic E-state index is -2.73. The molecule has 148 valence electrons. The van der Waals surface area contributed by atoms with E-state index in [1.54, 1.807) is 11.0 Å². The molecule has 0 radical (unpaired) electrons. The maximum absolute atomic E-state index is 13.3. The molecule has 3 aromatic rings. The number of nitrogens with zero attached hydrogens (tertiary/aromatic N) is 7. The zero-order valence-corrected chi connectivity index (χ0v) is 15.5. The van der Waals surface area contributed by atoms with E-state index in [1.165, 1.54) is 29.2 Å². The van der Waals surface area contributed by atoms with E-state index in [1.807, 2.05) is 13.0 Å². The molecule has 0 aromatic carbocycles. The number of fused-ring (bicyclic) bond motifs is 1. The highest BCUT2D eigenvalue weighted by atomic mass is 19.3. The van der Waals surface area contributed by atoms with E-state index in [-0.39, 0.29) is 34.9 Å². The van der Waals surface area contributed by atoms with Gasteiger partial charge in [-0.15, -0.1) is 0 Å². The summed E-state index contributed by atoms with van der Waals surface area (Å²) in [6, 6.07) is 6.38. The molecule has 2 atom stereocenters. The number of rotatable bonds is 3. The molecule has 0 spiro atoms. The maximum Gasteiger partial charge on any atom is 0.280 e. The van der Waals surface area contributed by atoms with Crippen LogP contribution in [0.15, 0.2) is 30.7 Å². The Kier molecular flexibility index (Phi) is 4.88. The van der Waals surface area contributed by atoms with Crippen molar-refractivity contribution in [3.05, 3.63) is 53.4 Å². The molecule has 1 aliphatic heterocycles. The van der Waals surface area contributed by atoms with Crippen molar-refractivity contribution in [2.45, 2.75) is 25.7 Å². The molecule has 29 heavy (non-hydrogen) atoms. The molecule has 1 saturated heterocycles. The second-order valence-electron chi connectivity index (χ2n) is 7.05. The summed E-state index contributed by atoms with van der Waals surface area (Å²) in [5.41, 5.74) is 0.813. The molecule has 10 heteroatoms. The van der Waals surface area contributed by atoms with E-state index >= 15 is 0 Å². The molecule has 1 amide bonds. The zero-order chi connectivity index (χ0) is 20.5. The first-order valence-electron chi connectivity index (χ1n) is 9.12. The predicted octanol–water partition coefficient (Wildman–Crippen LogP) is 2.59. The molecular formula is C19H17F2N7O. The second-order valence-corrected chi connectivity index (χ2v) is 7.05. The lowest BCUT2D eigenvalue weighted by molar-refractivity contribution is 0.0659. The third-order valence-electron chi connectivity index (χ3n) is 5.26. The van der Waals surface area contributed by atoms with E-state index in [0.717, 1.165) is 0 Å². The van der Waals surface area contributed by atoms with Gasteiger partial charge < -0.3 is 4.90 Å². The number of aromatic nitrogens is 5. The van der Waals surface area contributed by atoms with Crippen LogP contribution in [0.4, 0.5) is 8.78 Å². The number of halogens is 2. The van der Waals surface area contributed by atoms with E-state index in [9.17, 15) is 13.6 Å². The highest BCUT2D eigenvalue weighted by Gasteiger charge is 2.33. The fourth-order valence-corrected chi connectivity index (χ4v) is 3.62. The van der Waals surface area contributed by atoms with Crippen LogP contribution < -0.4 is 0 Å². The summed E-state index contributed by atoms with van der Waals surface area (Å²) in [6.07, 6.45) is 0.608. The molecule has 0 unspecified atom stereocenters. The molecule has 0 aliphatic carbocycles. The largest absolute Gasteiger partial charge is 0.337 e. The maximum atomic E-state index is 13.3. The van der Waals surface area contributed by atoms with Gasteiger partial charge in [0.1, 0.15) is 23.8 Å². The molecule has 0 saturated carbocycles. The Balaban J connectivity index is 1.66. The van der Waals surface area contributed by atoms with E-state index < -0.39 is 6.43 Å². The third-order valence-corrected chi connectivity index (χ3v) is 5.26. The quantitative estimate of drug-likeness (QED) is 0.673. The summed E-state index contributed by atoms with van der Waals surface area (Å²) in [5.74, 6) is -0.212. The molecule has 4 heterocycles. The molecule has 1 aliphatic rings. The standard InChI is InChI=1S/C19H17F2N7O/c1-11-4-5-27(18(29)14-3-2-12(7-22)8-23-14)9-13(11)16-6-15(17(20)21)26-19-24-10-25-28(16)19/h2-3,6,8,10-11,13,17H,4-5,9H2,1H3/t11-,13-/m1/s1. The number of hydrogen-bond donors (Lipinski definition) is 0. The molecule has 0 bridgehead atoms. The van der Waals surface area contributed by atoms with Gasteiger partial charge >= 0.3 is 0 Å². The average molecular weight is 397 g/mol. The van der Waals surface area contributed by atoms with Crippen molar-refractivity contribution in [2.24, 2.45) is 5.92 Å². The van der Waals surface area contributed by atoms with Crippen LogP contribution >= 0.6 is 0 Å². The minimum absolute atomic E-state index is 0.113. The summed E-state index contributed by atoms with van der Waals surface area (Å²) in [4.78, 5) is 26.4. The Hall–Kier alpha value is -3.48. The van der Waals surface area contributed by atoms with Crippen molar-refractivity contribution in [3.63, 3.8) is 0 Å². The fraction of sp³-hybridized carbons (Fsp3) is 0.368. The van der Waals surface area contributed by atoms with Gasteiger partial charge in [-0.2, -0.15) is 15.3 Å². The highest BCUT2D eigenvalue weighted by Crippen LogP contribution is 2.34. The van der Waals surface area contributed by atoms with Crippen LogP contribution in [0.2, 0.25) is 0 Å². The van der Waals surface area contributed by atoms with Crippen LogP contribution in [0, 0.1) is 17.2 Å². The van der Waals surface area contributed by atoms with E-state index in [4.69, 9.17) is 5.26 Å². The number of amides is 1. The van der Waals surface area contributed by atoms with Crippen molar-refractivity contribution in [3.8, 4) is 6.07 Å². The number of piperidine rings is 1. The van der Waals surface area contributed by atoms with Gasteiger partial charge in [0.15, 0.2) is 0 Å². The Morgan fingerprint density at radius 1 is 1.34 bits per heavy atom. The molecule has 0 N–H and O–H groups in total. The monoisotopic (exact) mass is 397 g/mol. The van der Waals surface area contributed by atoms with Crippen LogP contribution in [-0.4, -0.2) is 48.5 Å². The van der Waals surface area contributed by atoms with Gasteiger partial charge in [-0.05, 0) is 30.5 Å². The molecule has 1 fully saturated rings. The van der Waals surface area contributed by atoms with Crippen LogP contribution in [-0.2, 0) is 0 Å². The Labute approximate surface area is 164 Å². The highest BCUT2D eigenvalue weighted by molar-refractivity contribution is 5.92. The van der Waals surface area contributed by atoms with Gasteiger partial charge in [-0.1, -0.05) is 6.92 Å². The fourth-order valence-electron chi connectivity index (χ4n) is 3.62. The SMILES string of the molecule is C[C@@H]1CCN(C(=O)c2ccc(C#N)cn2)C[C@H]1c1cc(C(F)F)nc2ncnn12. The number of alkyl halides is 2.